The highest BCUT2D eigenvalue weighted by Gasteiger charge is 2.31. The lowest BCUT2D eigenvalue weighted by molar-refractivity contribution is -0.384. The molecule has 1 unspecified atom stereocenters. The number of piperidine rings is 1. The fourth-order valence-electron chi connectivity index (χ4n) is 3.45. The average molecular weight is 496 g/mol. The standard InChI is InChI=1S/C21H22ClN3O7S/c1-14-4-2-3-11-24(14)33(30,31)17-8-5-15(6-9-17)21(27)32-13-20(26)23-19-12-16(25(28)29)7-10-18(19)22/h5-10,12,14H,2-4,11,13H2,1H3,(H,23,26). The number of carbonyl (C=O) groups excluding carboxylic acids is 2. The van der Waals surface area contributed by atoms with Gasteiger partial charge in [-0.25, -0.2) is 13.2 Å². The SMILES string of the molecule is CC1CCCCN1S(=O)(=O)c1ccc(C(=O)OCC(=O)Nc2cc([N+](=O)[O-])ccc2Cl)cc1. The molecule has 12 heteroatoms. The molecule has 2 aromatic rings. The molecule has 0 radical (unpaired) electrons. The molecule has 33 heavy (non-hydrogen) atoms. The van der Waals surface area contributed by atoms with E-state index < -0.39 is 33.4 Å². The molecule has 0 saturated carbocycles. The monoisotopic (exact) mass is 495 g/mol. The minimum atomic E-state index is -3.67. The van der Waals surface area contributed by atoms with Gasteiger partial charge in [0.2, 0.25) is 10.0 Å². The molecule has 3 rings (SSSR count). The first-order valence-corrected chi connectivity index (χ1v) is 11.9. The molecule has 176 valence electrons. The molecule has 1 fully saturated rings. The molecular formula is C21H22ClN3O7S. The van der Waals surface area contributed by atoms with E-state index in [0.29, 0.717) is 6.54 Å². The average Bonchev–Trinajstić information content (AvgIpc) is 2.79. The maximum absolute atomic E-state index is 12.9. The number of nitrogens with zero attached hydrogens (tertiary/aromatic N) is 2. The van der Waals surface area contributed by atoms with Crippen LogP contribution in [0.15, 0.2) is 47.4 Å². The minimum absolute atomic E-state index is 0.00779. The van der Waals surface area contributed by atoms with Gasteiger partial charge in [0.25, 0.3) is 11.6 Å². The smallest absolute Gasteiger partial charge is 0.338 e. The lowest BCUT2D eigenvalue weighted by atomic mass is 10.1. The molecule has 1 atom stereocenters. The number of rotatable bonds is 7. The van der Waals surface area contributed by atoms with Crippen molar-refractivity contribution < 1.29 is 27.7 Å². The highest BCUT2D eigenvalue weighted by molar-refractivity contribution is 7.89. The second kappa shape index (κ2) is 10.3. The summed E-state index contributed by atoms with van der Waals surface area (Å²) in [6, 6.07) is 8.75. The van der Waals surface area contributed by atoms with E-state index in [0.717, 1.165) is 25.3 Å². The summed E-state index contributed by atoms with van der Waals surface area (Å²) in [5, 5.41) is 13.3. The number of ether oxygens (including phenoxy) is 1. The number of nitro groups is 1. The third-order valence-corrected chi connectivity index (χ3v) is 7.57. The van der Waals surface area contributed by atoms with Crippen LogP contribution in [0.2, 0.25) is 5.02 Å². The van der Waals surface area contributed by atoms with Gasteiger partial charge in [-0.05, 0) is 50.1 Å². The zero-order valence-corrected chi connectivity index (χ0v) is 19.3. The summed E-state index contributed by atoms with van der Waals surface area (Å²) in [5.74, 6) is -1.57. The van der Waals surface area contributed by atoms with Gasteiger partial charge >= 0.3 is 5.97 Å². The van der Waals surface area contributed by atoms with Gasteiger partial charge in [-0.2, -0.15) is 4.31 Å². The Morgan fingerprint density at radius 3 is 2.55 bits per heavy atom. The number of esters is 1. The second-order valence-corrected chi connectivity index (χ2v) is 9.83. The van der Waals surface area contributed by atoms with E-state index in [2.05, 4.69) is 5.32 Å². The molecule has 0 aliphatic carbocycles. The molecule has 1 N–H and O–H groups in total. The number of halogens is 1. The molecule has 1 amide bonds. The van der Waals surface area contributed by atoms with Crippen molar-refractivity contribution in [1.82, 2.24) is 4.31 Å². The Morgan fingerprint density at radius 1 is 1.21 bits per heavy atom. The number of hydrogen-bond donors (Lipinski definition) is 1. The van der Waals surface area contributed by atoms with Gasteiger partial charge in [0, 0.05) is 24.7 Å². The van der Waals surface area contributed by atoms with Crippen molar-refractivity contribution in [3.8, 4) is 0 Å². The van der Waals surface area contributed by atoms with Gasteiger partial charge in [-0.15, -0.1) is 0 Å². The topological polar surface area (TPSA) is 136 Å². The number of anilines is 1. The summed E-state index contributed by atoms with van der Waals surface area (Å²) in [5.41, 5.74) is -0.184. The fourth-order valence-corrected chi connectivity index (χ4v) is 5.31. The van der Waals surface area contributed by atoms with E-state index in [1.807, 2.05) is 6.92 Å². The van der Waals surface area contributed by atoms with E-state index in [4.69, 9.17) is 16.3 Å². The summed E-state index contributed by atoms with van der Waals surface area (Å²) >= 11 is 5.92. The van der Waals surface area contributed by atoms with Gasteiger partial charge < -0.3 is 10.1 Å². The van der Waals surface area contributed by atoms with Gasteiger partial charge in [0.15, 0.2) is 6.61 Å². The van der Waals surface area contributed by atoms with E-state index in [1.165, 1.54) is 40.7 Å². The van der Waals surface area contributed by atoms with E-state index in [9.17, 15) is 28.1 Å². The van der Waals surface area contributed by atoms with Crippen molar-refractivity contribution in [2.24, 2.45) is 0 Å². The summed E-state index contributed by atoms with van der Waals surface area (Å²) < 4.78 is 32.1. The number of nitro benzene ring substituents is 1. The van der Waals surface area contributed by atoms with Crippen LogP contribution in [0.3, 0.4) is 0 Å². The van der Waals surface area contributed by atoms with E-state index >= 15 is 0 Å². The Morgan fingerprint density at radius 2 is 1.91 bits per heavy atom. The van der Waals surface area contributed by atoms with Crippen molar-refractivity contribution in [2.75, 3.05) is 18.5 Å². The number of non-ortho nitro benzene ring substituents is 1. The van der Waals surface area contributed by atoms with Crippen LogP contribution in [-0.2, 0) is 19.6 Å². The first-order chi connectivity index (χ1) is 15.6. The quantitative estimate of drug-likeness (QED) is 0.352. The maximum Gasteiger partial charge on any atom is 0.338 e. The van der Waals surface area contributed by atoms with Crippen molar-refractivity contribution in [3.63, 3.8) is 0 Å². The molecule has 0 spiro atoms. The third kappa shape index (κ3) is 5.86. The third-order valence-electron chi connectivity index (χ3n) is 5.21. The summed E-state index contributed by atoms with van der Waals surface area (Å²) in [6.07, 6.45) is 2.59. The second-order valence-electron chi connectivity index (χ2n) is 7.53. The highest BCUT2D eigenvalue weighted by atomic mass is 35.5. The summed E-state index contributed by atoms with van der Waals surface area (Å²) in [4.78, 5) is 34.6. The number of hydrogen-bond acceptors (Lipinski definition) is 7. The Hall–Kier alpha value is -3.02. The predicted octanol–water partition coefficient (Wildman–Crippen LogP) is 3.61. The zero-order valence-electron chi connectivity index (χ0n) is 17.7. The van der Waals surface area contributed by atoms with Crippen molar-refractivity contribution in [1.29, 1.82) is 0 Å². The van der Waals surface area contributed by atoms with E-state index in [-0.39, 0.29) is 32.9 Å². The molecule has 1 heterocycles. The van der Waals surface area contributed by atoms with Crippen molar-refractivity contribution in [3.05, 3.63) is 63.2 Å². The van der Waals surface area contributed by atoms with Crippen LogP contribution in [-0.4, -0.2) is 48.7 Å². The first kappa shape index (κ1) is 24.6. The van der Waals surface area contributed by atoms with Crippen LogP contribution >= 0.6 is 11.6 Å². The molecule has 1 saturated heterocycles. The number of nitrogens with one attached hydrogen (secondary N) is 1. The number of benzene rings is 2. The Bertz CT molecular complexity index is 1170. The number of sulfonamides is 1. The first-order valence-electron chi connectivity index (χ1n) is 10.1. The van der Waals surface area contributed by atoms with Crippen LogP contribution in [0, 0.1) is 10.1 Å². The summed E-state index contributed by atoms with van der Waals surface area (Å²) in [7, 11) is -3.67. The van der Waals surface area contributed by atoms with Crippen molar-refractivity contribution in [2.45, 2.75) is 37.1 Å². The molecule has 10 nitrogen and oxygen atoms in total. The number of amides is 1. The zero-order chi connectivity index (χ0) is 24.2. The largest absolute Gasteiger partial charge is 0.452 e. The van der Waals surface area contributed by atoms with Crippen molar-refractivity contribution >= 4 is 44.9 Å². The van der Waals surface area contributed by atoms with Gasteiger partial charge in [-0.3, -0.25) is 14.9 Å². The maximum atomic E-state index is 12.9. The lowest BCUT2D eigenvalue weighted by Crippen LogP contribution is -2.41. The molecule has 1 aliphatic rings. The minimum Gasteiger partial charge on any atom is -0.452 e. The van der Waals surface area contributed by atoms with Gasteiger partial charge in [0.1, 0.15) is 0 Å². The van der Waals surface area contributed by atoms with Crippen LogP contribution in [0.25, 0.3) is 0 Å². The van der Waals surface area contributed by atoms with Crippen LogP contribution in [0.1, 0.15) is 36.5 Å². The Labute approximate surface area is 195 Å². The molecule has 1 aliphatic heterocycles. The molecular weight excluding hydrogens is 474 g/mol. The highest BCUT2D eigenvalue weighted by Crippen LogP contribution is 2.27. The number of carbonyl (C=O) groups is 2. The normalized spacial score (nSPS) is 16.7. The lowest BCUT2D eigenvalue weighted by Gasteiger charge is -2.32. The van der Waals surface area contributed by atoms with Crippen LogP contribution < -0.4 is 5.32 Å². The van der Waals surface area contributed by atoms with Gasteiger partial charge in [0.05, 0.1) is 26.1 Å². The Kier molecular flexibility index (Phi) is 7.67. The molecule has 0 bridgehead atoms. The fraction of sp³-hybridized carbons (Fsp3) is 0.333. The molecule has 0 aromatic heterocycles. The Balaban J connectivity index is 1.60. The van der Waals surface area contributed by atoms with Crippen LogP contribution in [0.5, 0.6) is 0 Å². The van der Waals surface area contributed by atoms with Gasteiger partial charge in [-0.1, -0.05) is 18.0 Å². The molecule has 2 aromatic carbocycles. The predicted molar refractivity (Wildman–Crippen MR) is 121 cm³/mol. The summed E-state index contributed by atoms with van der Waals surface area (Å²) in [6.45, 7) is 1.66. The van der Waals surface area contributed by atoms with Crippen LogP contribution in [0.4, 0.5) is 11.4 Å². The van der Waals surface area contributed by atoms with E-state index in [1.54, 1.807) is 0 Å².